The van der Waals surface area contributed by atoms with Crippen molar-refractivity contribution in [2.24, 2.45) is 0 Å². The van der Waals surface area contributed by atoms with E-state index in [1.54, 1.807) is 0 Å². The van der Waals surface area contributed by atoms with Gasteiger partial charge in [-0.25, -0.2) is 0 Å². The SMILES string of the molecule is Cc1[nH]ncc1CNCc1csnn1. The van der Waals surface area contributed by atoms with Crippen LogP contribution in [0.1, 0.15) is 17.0 Å². The van der Waals surface area contributed by atoms with Crippen molar-refractivity contribution in [2.45, 2.75) is 20.0 Å². The van der Waals surface area contributed by atoms with E-state index in [-0.39, 0.29) is 0 Å². The predicted octanol–water partition coefficient (Wildman–Crippen LogP) is 0.859. The first-order chi connectivity index (χ1) is 6.86. The molecule has 0 aliphatic rings. The van der Waals surface area contributed by atoms with Crippen molar-refractivity contribution >= 4 is 11.5 Å². The molecule has 2 heterocycles. The van der Waals surface area contributed by atoms with E-state index in [1.807, 2.05) is 18.5 Å². The standard InChI is InChI=1S/C8H11N5S/c1-6-7(3-10-11-6)2-9-4-8-5-14-13-12-8/h3,5,9H,2,4H2,1H3,(H,10,11). The fourth-order valence-electron chi connectivity index (χ4n) is 1.14. The molecule has 0 bridgehead atoms. The molecule has 0 aliphatic carbocycles. The Morgan fingerprint density at radius 2 is 2.43 bits per heavy atom. The molecular formula is C8H11N5S. The van der Waals surface area contributed by atoms with Crippen molar-refractivity contribution in [2.75, 3.05) is 0 Å². The fourth-order valence-corrected chi connectivity index (χ4v) is 1.59. The van der Waals surface area contributed by atoms with Crippen molar-refractivity contribution in [1.29, 1.82) is 0 Å². The third kappa shape index (κ3) is 2.15. The summed E-state index contributed by atoms with van der Waals surface area (Å²) in [5.41, 5.74) is 3.28. The number of rotatable bonds is 4. The van der Waals surface area contributed by atoms with Gasteiger partial charge in [-0.1, -0.05) is 4.49 Å². The number of nitrogens with zero attached hydrogens (tertiary/aromatic N) is 3. The maximum absolute atomic E-state index is 3.95. The van der Waals surface area contributed by atoms with Gasteiger partial charge in [-0.2, -0.15) is 5.10 Å². The Morgan fingerprint density at radius 3 is 3.07 bits per heavy atom. The Morgan fingerprint density at radius 1 is 1.50 bits per heavy atom. The minimum absolute atomic E-state index is 0.751. The Hall–Kier alpha value is -1.27. The Balaban J connectivity index is 1.81. The van der Waals surface area contributed by atoms with Gasteiger partial charge < -0.3 is 5.32 Å². The van der Waals surface area contributed by atoms with Gasteiger partial charge in [0.2, 0.25) is 0 Å². The van der Waals surface area contributed by atoms with Gasteiger partial charge in [0.25, 0.3) is 0 Å². The average molecular weight is 209 g/mol. The van der Waals surface area contributed by atoms with Crippen LogP contribution < -0.4 is 5.32 Å². The second-order valence-electron chi connectivity index (χ2n) is 3.02. The van der Waals surface area contributed by atoms with Crippen LogP contribution in [0, 0.1) is 6.92 Å². The monoisotopic (exact) mass is 209 g/mol. The molecule has 0 aromatic carbocycles. The van der Waals surface area contributed by atoms with E-state index < -0.39 is 0 Å². The molecule has 0 unspecified atom stereocenters. The van der Waals surface area contributed by atoms with Gasteiger partial charge in [0.05, 0.1) is 11.9 Å². The summed E-state index contributed by atoms with van der Waals surface area (Å²) in [6.07, 6.45) is 1.83. The highest BCUT2D eigenvalue weighted by Crippen LogP contribution is 2.02. The normalized spacial score (nSPS) is 10.6. The van der Waals surface area contributed by atoms with Crippen LogP contribution in [0.2, 0.25) is 0 Å². The van der Waals surface area contributed by atoms with Crippen LogP contribution in [0.5, 0.6) is 0 Å². The van der Waals surface area contributed by atoms with Crippen LogP contribution in [-0.2, 0) is 13.1 Å². The number of aromatic nitrogens is 4. The molecule has 0 aliphatic heterocycles. The van der Waals surface area contributed by atoms with Crippen molar-refractivity contribution in [1.82, 2.24) is 25.1 Å². The summed E-state index contributed by atoms with van der Waals surface area (Å²) in [7, 11) is 0. The molecule has 2 aromatic heterocycles. The zero-order chi connectivity index (χ0) is 9.80. The smallest absolute Gasteiger partial charge is 0.0893 e. The molecule has 14 heavy (non-hydrogen) atoms. The van der Waals surface area contributed by atoms with Crippen molar-refractivity contribution in [3.63, 3.8) is 0 Å². The summed E-state index contributed by atoms with van der Waals surface area (Å²) in [4.78, 5) is 0. The first-order valence-electron chi connectivity index (χ1n) is 4.32. The zero-order valence-corrected chi connectivity index (χ0v) is 8.64. The Kier molecular flexibility index (Phi) is 2.85. The van der Waals surface area contributed by atoms with Crippen molar-refractivity contribution in [3.05, 3.63) is 28.5 Å². The van der Waals surface area contributed by atoms with Crippen LogP contribution in [0.3, 0.4) is 0 Å². The molecule has 0 radical (unpaired) electrons. The average Bonchev–Trinajstić information content (AvgIpc) is 2.78. The molecule has 0 amide bonds. The largest absolute Gasteiger partial charge is 0.307 e. The van der Waals surface area contributed by atoms with E-state index >= 15 is 0 Å². The molecule has 0 fully saturated rings. The van der Waals surface area contributed by atoms with Gasteiger partial charge in [-0.15, -0.1) is 5.10 Å². The summed E-state index contributed by atoms with van der Waals surface area (Å²) >= 11 is 1.37. The minimum Gasteiger partial charge on any atom is -0.307 e. The lowest BCUT2D eigenvalue weighted by Gasteiger charge is -2.00. The van der Waals surface area contributed by atoms with Gasteiger partial charge >= 0.3 is 0 Å². The van der Waals surface area contributed by atoms with Gasteiger partial charge in [0.15, 0.2) is 0 Å². The van der Waals surface area contributed by atoms with Crippen LogP contribution in [0.15, 0.2) is 11.6 Å². The van der Waals surface area contributed by atoms with E-state index in [1.165, 1.54) is 17.1 Å². The van der Waals surface area contributed by atoms with E-state index in [2.05, 4.69) is 25.1 Å². The molecular weight excluding hydrogens is 198 g/mol. The van der Waals surface area contributed by atoms with Gasteiger partial charge in [-0.05, 0) is 18.5 Å². The fraction of sp³-hybridized carbons (Fsp3) is 0.375. The van der Waals surface area contributed by atoms with Crippen molar-refractivity contribution in [3.8, 4) is 0 Å². The van der Waals surface area contributed by atoms with Gasteiger partial charge in [0, 0.05) is 29.7 Å². The lowest BCUT2D eigenvalue weighted by atomic mass is 10.2. The number of H-pyrrole nitrogens is 1. The maximum Gasteiger partial charge on any atom is 0.0893 e. The first-order valence-corrected chi connectivity index (χ1v) is 5.15. The lowest BCUT2D eigenvalue weighted by molar-refractivity contribution is 0.675. The molecule has 74 valence electrons. The molecule has 2 aromatic rings. The highest BCUT2D eigenvalue weighted by molar-refractivity contribution is 7.03. The zero-order valence-electron chi connectivity index (χ0n) is 7.82. The molecule has 0 spiro atoms. The highest BCUT2D eigenvalue weighted by Gasteiger charge is 2.00. The van der Waals surface area contributed by atoms with E-state index in [0.29, 0.717) is 0 Å². The van der Waals surface area contributed by atoms with Crippen LogP contribution >= 0.6 is 11.5 Å². The summed E-state index contributed by atoms with van der Waals surface area (Å²) in [6.45, 7) is 3.56. The minimum atomic E-state index is 0.751. The third-order valence-corrected chi connectivity index (χ3v) is 2.51. The number of hydrogen-bond acceptors (Lipinski definition) is 5. The summed E-state index contributed by atoms with van der Waals surface area (Å²) in [5, 5.41) is 16.0. The second kappa shape index (κ2) is 4.30. The van der Waals surface area contributed by atoms with E-state index in [0.717, 1.165) is 24.5 Å². The molecule has 2 rings (SSSR count). The topological polar surface area (TPSA) is 66.5 Å². The number of hydrogen-bond donors (Lipinski definition) is 2. The number of nitrogens with one attached hydrogen (secondary N) is 2. The highest BCUT2D eigenvalue weighted by atomic mass is 32.1. The molecule has 6 heteroatoms. The Bertz CT molecular complexity index is 380. The first kappa shape index (κ1) is 9.29. The summed E-state index contributed by atoms with van der Waals surface area (Å²) in [6, 6.07) is 0. The van der Waals surface area contributed by atoms with Gasteiger partial charge in [0.1, 0.15) is 0 Å². The molecule has 0 saturated heterocycles. The molecule has 5 nitrogen and oxygen atoms in total. The number of aromatic amines is 1. The lowest BCUT2D eigenvalue weighted by Crippen LogP contribution is -2.13. The number of aryl methyl sites for hydroxylation is 1. The summed E-state index contributed by atoms with van der Waals surface area (Å²) in [5.74, 6) is 0. The van der Waals surface area contributed by atoms with Crippen molar-refractivity contribution < 1.29 is 0 Å². The quantitative estimate of drug-likeness (QED) is 0.783. The third-order valence-electron chi connectivity index (χ3n) is 1.96. The molecule has 0 saturated carbocycles. The summed E-state index contributed by atoms with van der Waals surface area (Å²) < 4.78 is 3.79. The van der Waals surface area contributed by atoms with Crippen LogP contribution in [-0.4, -0.2) is 19.8 Å². The van der Waals surface area contributed by atoms with Crippen LogP contribution in [0.4, 0.5) is 0 Å². The second-order valence-corrected chi connectivity index (χ2v) is 3.63. The molecule has 0 atom stereocenters. The predicted molar refractivity (Wildman–Crippen MR) is 53.8 cm³/mol. The van der Waals surface area contributed by atoms with Gasteiger partial charge in [-0.3, -0.25) is 5.10 Å². The van der Waals surface area contributed by atoms with Crippen LogP contribution in [0.25, 0.3) is 0 Å². The molecule has 2 N–H and O–H groups in total. The van der Waals surface area contributed by atoms with E-state index in [9.17, 15) is 0 Å². The van der Waals surface area contributed by atoms with E-state index in [4.69, 9.17) is 0 Å². The Labute approximate surface area is 85.7 Å². The maximum atomic E-state index is 3.95.